The predicted molar refractivity (Wildman–Crippen MR) is 70.6 cm³/mol. The molecule has 0 aliphatic rings. The summed E-state index contributed by atoms with van der Waals surface area (Å²) in [6, 6.07) is 12.0. The van der Waals surface area contributed by atoms with Crippen LogP contribution in [-0.2, 0) is 0 Å². The van der Waals surface area contributed by atoms with E-state index in [9.17, 15) is 4.39 Å². The highest BCUT2D eigenvalue weighted by Gasteiger charge is 2.10. The largest absolute Gasteiger partial charge is 0.494 e. The van der Waals surface area contributed by atoms with E-state index in [1.165, 1.54) is 12.1 Å². The second kappa shape index (κ2) is 4.72. The Bertz CT molecular complexity index is 704. The first-order chi connectivity index (χ1) is 9.28. The molecule has 0 aliphatic carbocycles. The molecule has 0 amide bonds. The minimum Gasteiger partial charge on any atom is -0.494 e. The molecule has 0 atom stereocenters. The van der Waals surface area contributed by atoms with E-state index in [-0.39, 0.29) is 5.82 Å². The van der Waals surface area contributed by atoms with Crippen LogP contribution in [0.5, 0.6) is 5.75 Å². The predicted octanol–water partition coefficient (Wildman–Crippen LogP) is 4.03. The van der Waals surface area contributed by atoms with Crippen molar-refractivity contribution in [3.8, 4) is 17.0 Å². The van der Waals surface area contributed by atoms with E-state index in [2.05, 4.69) is 5.16 Å². The molecular formula is C15H12FNO2. The molecule has 1 aromatic heterocycles. The molecule has 3 nitrogen and oxygen atoms in total. The molecule has 0 N–H and O–H groups in total. The van der Waals surface area contributed by atoms with Crippen LogP contribution in [0.2, 0.25) is 0 Å². The number of fused-ring (bicyclic) bond motifs is 1. The van der Waals surface area contributed by atoms with Crippen molar-refractivity contribution in [1.82, 2.24) is 5.16 Å². The summed E-state index contributed by atoms with van der Waals surface area (Å²) in [5, 5.41) is 4.80. The van der Waals surface area contributed by atoms with E-state index in [0.717, 1.165) is 16.7 Å². The van der Waals surface area contributed by atoms with Crippen molar-refractivity contribution in [1.29, 1.82) is 0 Å². The number of benzene rings is 2. The van der Waals surface area contributed by atoms with Gasteiger partial charge in [-0.25, -0.2) is 4.39 Å². The maximum Gasteiger partial charge on any atom is 0.170 e. The lowest BCUT2D eigenvalue weighted by molar-refractivity contribution is 0.340. The number of halogens is 1. The van der Waals surface area contributed by atoms with Gasteiger partial charge in [0.1, 0.15) is 17.3 Å². The average molecular weight is 257 g/mol. The van der Waals surface area contributed by atoms with Crippen molar-refractivity contribution in [3.63, 3.8) is 0 Å². The Morgan fingerprint density at radius 2 is 1.95 bits per heavy atom. The summed E-state index contributed by atoms with van der Waals surface area (Å²) in [5.41, 5.74) is 2.07. The molecule has 0 saturated carbocycles. The SMILES string of the molecule is CCOc1ccc(-c2noc3cc(F)ccc23)cc1. The Balaban J connectivity index is 2.04. The third-order valence-corrected chi connectivity index (χ3v) is 2.87. The van der Waals surface area contributed by atoms with E-state index < -0.39 is 0 Å². The first kappa shape index (κ1) is 11.7. The molecule has 96 valence electrons. The zero-order valence-corrected chi connectivity index (χ0v) is 10.4. The molecule has 1 heterocycles. The number of aromatic nitrogens is 1. The molecule has 0 saturated heterocycles. The Kier molecular flexibility index (Phi) is 2.91. The molecule has 0 unspecified atom stereocenters. The number of hydrogen-bond donors (Lipinski definition) is 0. The molecule has 0 fully saturated rings. The Hall–Kier alpha value is -2.36. The lowest BCUT2D eigenvalue weighted by Gasteiger charge is -2.03. The van der Waals surface area contributed by atoms with Crippen LogP contribution in [0.3, 0.4) is 0 Å². The normalized spacial score (nSPS) is 10.8. The molecule has 3 aromatic rings. The first-order valence-corrected chi connectivity index (χ1v) is 6.06. The summed E-state index contributed by atoms with van der Waals surface area (Å²) < 4.78 is 23.6. The van der Waals surface area contributed by atoms with Crippen LogP contribution in [0.15, 0.2) is 47.0 Å². The van der Waals surface area contributed by atoms with Crippen LogP contribution in [-0.4, -0.2) is 11.8 Å². The van der Waals surface area contributed by atoms with Gasteiger partial charge in [-0.05, 0) is 43.3 Å². The van der Waals surface area contributed by atoms with Gasteiger partial charge < -0.3 is 9.26 Å². The second-order valence-corrected chi connectivity index (χ2v) is 4.13. The van der Waals surface area contributed by atoms with Crippen molar-refractivity contribution in [2.24, 2.45) is 0 Å². The lowest BCUT2D eigenvalue weighted by atomic mass is 10.1. The van der Waals surface area contributed by atoms with E-state index >= 15 is 0 Å². The van der Waals surface area contributed by atoms with Crippen molar-refractivity contribution >= 4 is 11.0 Å². The monoisotopic (exact) mass is 257 g/mol. The van der Waals surface area contributed by atoms with E-state index in [1.807, 2.05) is 31.2 Å². The third kappa shape index (κ3) is 2.17. The zero-order valence-electron chi connectivity index (χ0n) is 10.4. The number of rotatable bonds is 3. The Labute approximate surface area is 109 Å². The topological polar surface area (TPSA) is 35.3 Å². The summed E-state index contributed by atoms with van der Waals surface area (Å²) in [4.78, 5) is 0. The standard InChI is InChI=1S/C15H12FNO2/c1-2-18-12-6-3-10(4-7-12)15-13-8-5-11(16)9-14(13)19-17-15/h3-9H,2H2,1H3. The maximum atomic E-state index is 13.1. The van der Waals surface area contributed by atoms with Gasteiger partial charge in [0.05, 0.1) is 6.61 Å². The molecule has 4 heteroatoms. The van der Waals surface area contributed by atoms with E-state index in [1.54, 1.807) is 6.07 Å². The number of hydrogen-bond acceptors (Lipinski definition) is 3. The fourth-order valence-corrected chi connectivity index (χ4v) is 2.00. The Morgan fingerprint density at radius 3 is 2.68 bits per heavy atom. The molecule has 0 bridgehead atoms. The first-order valence-electron chi connectivity index (χ1n) is 6.06. The van der Waals surface area contributed by atoms with Gasteiger partial charge >= 0.3 is 0 Å². The van der Waals surface area contributed by atoms with E-state index in [4.69, 9.17) is 9.26 Å². The smallest absolute Gasteiger partial charge is 0.170 e. The van der Waals surface area contributed by atoms with Crippen LogP contribution in [0.4, 0.5) is 4.39 Å². The number of nitrogens with zero attached hydrogens (tertiary/aromatic N) is 1. The quantitative estimate of drug-likeness (QED) is 0.710. The molecule has 0 spiro atoms. The van der Waals surface area contributed by atoms with E-state index in [0.29, 0.717) is 17.9 Å². The molecule has 2 aromatic carbocycles. The van der Waals surface area contributed by atoms with Crippen LogP contribution in [0, 0.1) is 5.82 Å². The fraction of sp³-hybridized carbons (Fsp3) is 0.133. The molecule has 3 rings (SSSR count). The summed E-state index contributed by atoms with van der Waals surface area (Å²) >= 11 is 0. The van der Waals surface area contributed by atoms with Crippen LogP contribution in [0.1, 0.15) is 6.92 Å². The maximum absolute atomic E-state index is 13.1. The summed E-state index contributed by atoms with van der Waals surface area (Å²) in [7, 11) is 0. The van der Waals surface area contributed by atoms with Crippen molar-refractivity contribution in [2.45, 2.75) is 6.92 Å². The average Bonchev–Trinajstić information content (AvgIpc) is 2.83. The van der Waals surface area contributed by atoms with Gasteiger partial charge in [0.25, 0.3) is 0 Å². The van der Waals surface area contributed by atoms with Gasteiger partial charge in [-0.1, -0.05) is 5.16 Å². The van der Waals surface area contributed by atoms with Gasteiger partial charge in [0.15, 0.2) is 5.58 Å². The van der Waals surface area contributed by atoms with Gasteiger partial charge in [0.2, 0.25) is 0 Å². The lowest BCUT2D eigenvalue weighted by Crippen LogP contribution is -1.90. The highest BCUT2D eigenvalue weighted by atomic mass is 19.1. The molecular weight excluding hydrogens is 245 g/mol. The zero-order chi connectivity index (χ0) is 13.2. The summed E-state index contributed by atoms with van der Waals surface area (Å²) in [6.45, 7) is 2.57. The van der Waals surface area contributed by atoms with Gasteiger partial charge in [0, 0.05) is 17.0 Å². The van der Waals surface area contributed by atoms with Crippen molar-refractivity contribution < 1.29 is 13.7 Å². The third-order valence-electron chi connectivity index (χ3n) is 2.87. The van der Waals surface area contributed by atoms with Crippen LogP contribution < -0.4 is 4.74 Å². The summed E-state index contributed by atoms with van der Waals surface area (Å²) in [5.74, 6) is 0.479. The van der Waals surface area contributed by atoms with Crippen molar-refractivity contribution in [2.75, 3.05) is 6.61 Å². The van der Waals surface area contributed by atoms with Crippen LogP contribution in [0.25, 0.3) is 22.2 Å². The fourth-order valence-electron chi connectivity index (χ4n) is 2.00. The van der Waals surface area contributed by atoms with Crippen molar-refractivity contribution in [3.05, 3.63) is 48.3 Å². The number of ether oxygens (including phenoxy) is 1. The molecule has 0 radical (unpaired) electrons. The minimum absolute atomic E-state index is 0.332. The molecule has 0 aliphatic heterocycles. The molecule has 19 heavy (non-hydrogen) atoms. The highest BCUT2D eigenvalue weighted by molar-refractivity contribution is 5.91. The van der Waals surface area contributed by atoms with Gasteiger partial charge in [-0.15, -0.1) is 0 Å². The Morgan fingerprint density at radius 1 is 1.16 bits per heavy atom. The summed E-state index contributed by atoms with van der Waals surface area (Å²) in [6.07, 6.45) is 0. The minimum atomic E-state index is -0.332. The second-order valence-electron chi connectivity index (χ2n) is 4.13. The highest BCUT2D eigenvalue weighted by Crippen LogP contribution is 2.29. The van der Waals surface area contributed by atoms with Crippen LogP contribution >= 0.6 is 0 Å². The van der Waals surface area contributed by atoms with Gasteiger partial charge in [-0.3, -0.25) is 0 Å². The van der Waals surface area contributed by atoms with Gasteiger partial charge in [-0.2, -0.15) is 0 Å².